The summed E-state index contributed by atoms with van der Waals surface area (Å²) < 4.78 is 11.5. The van der Waals surface area contributed by atoms with Crippen LogP contribution in [0, 0.1) is 11.3 Å². The number of rotatable bonds is 5. The summed E-state index contributed by atoms with van der Waals surface area (Å²) >= 11 is 0. The van der Waals surface area contributed by atoms with E-state index in [4.69, 9.17) is 14.4 Å². The first kappa shape index (κ1) is 14.6. The van der Waals surface area contributed by atoms with Gasteiger partial charge in [-0.3, -0.25) is 0 Å². The number of nitrogens with zero attached hydrogens (tertiary/aromatic N) is 1. The van der Waals surface area contributed by atoms with Crippen LogP contribution >= 0.6 is 0 Å². The zero-order chi connectivity index (χ0) is 12.1. The molecule has 4 heteroatoms. The van der Waals surface area contributed by atoms with Crippen molar-refractivity contribution in [2.45, 2.75) is 58.5 Å². The van der Waals surface area contributed by atoms with Crippen molar-refractivity contribution in [3.8, 4) is 6.07 Å². The van der Waals surface area contributed by atoms with Crippen molar-refractivity contribution in [3.63, 3.8) is 0 Å². The predicted octanol–water partition coefficient (Wildman–Crippen LogP) is 2.94. The fourth-order valence-corrected chi connectivity index (χ4v) is 2.23. The molecule has 0 radical (unpaired) electrons. The average molecular weight is 229 g/mol. The summed E-state index contributed by atoms with van der Waals surface area (Å²) in [5.41, 5.74) is -0.170. The number of ether oxygens (including phenoxy) is 1. The van der Waals surface area contributed by atoms with Gasteiger partial charge in [-0.05, 0) is 40.4 Å². The first-order chi connectivity index (χ1) is 6.64. The van der Waals surface area contributed by atoms with Crippen molar-refractivity contribution < 1.29 is 9.16 Å². The Hall–Kier alpha value is -0.373. The Labute approximate surface area is 94.5 Å². The molecule has 0 aliphatic rings. The topological polar surface area (TPSA) is 42.2 Å². The number of hydrogen-bond acceptors (Lipinski definition) is 3. The smallest absolute Gasteiger partial charge is 0.184 e. The maximum atomic E-state index is 8.69. The van der Waals surface area contributed by atoms with Gasteiger partial charge in [0.25, 0.3) is 0 Å². The van der Waals surface area contributed by atoms with Gasteiger partial charge >= 0.3 is 0 Å². The van der Waals surface area contributed by atoms with E-state index >= 15 is 0 Å². The fraction of sp³-hybridized carbons (Fsp3) is 0.909. The summed E-state index contributed by atoms with van der Waals surface area (Å²) in [5.74, 6) is 0. The molecule has 0 aliphatic carbocycles. The molecule has 0 aromatic carbocycles. The first-order valence-electron chi connectivity index (χ1n) is 5.33. The van der Waals surface area contributed by atoms with Crippen LogP contribution in [0.25, 0.3) is 0 Å². The molecule has 0 bridgehead atoms. The highest BCUT2D eigenvalue weighted by Gasteiger charge is 2.22. The Balaban J connectivity index is 4.12. The van der Waals surface area contributed by atoms with E-state index in [-0.39, 0.29) is 11.7 Å². The van der Waals surface area contributed by atoms with Crippen LogP contribution in [0.15, 0.2) is 0 Å². The molecule has 3 nitrogen and oxygen atoms in total. The highest BCUT2D eigenvalue weighted by Crippen LogP contribution is 2.14. The highest BCUT2D eigenvalue weighted by atomic mass is 28.4. The largest absolute Gasteiger partial charge is 0.411 e. The molecule has 0 heterocycles. The van der Waals surface area contributed by atoms with Crippen molar-refractivity contribution >= 4 is 8.32 Å². The number of nitriles is 1. The Bertz CT molecular complexity index is 222. The van der Waals surface area contributed by atoms with Gasteiger partial charge in [-0.2, -0.15) is 5.26 Å². The highest BCUT2D eigenvalue weighted by molar-refractivity contribution is 6.69. The molecule has 0 N–H and O–H groups in total. The van der Waals surface area contributed by atoms with E-state index in [1.807, 2.05) is 20.8 Å². The Morgan fingerprint density at radius 1 is 1.27 bits per heavy atom. The van der Waals surface area contributed by atoms with Gasteiger partial charge in [-0.15, -0.1) is 0 Å². The van der Waals surface area contributed by atoms with E-state index in [1.165, 1.54) is 0 Å². The van der Waals surface area contributed by atoms with Gasteiger partial charge in [-0.1, -0.05) is 0 Å². The monoisotopic (exact) mass is 229 g/mol. The van der Waals surface area contributed by atoms with Gasteiger partial charge in [-0.25, -0.2) is 0 Å². The molecule has 0 aliphatic heterocycles. The van der Waals surface area contributed by atoms with Crippen LogP contribution in [-0.4, -0.2) is 26.6 Å². The molecule has 0 rings (SSSR count). The summed E-state index contributed by atoms with van der Waals surface area (Å²) in [4.78, 5) is 0. The zero-order valence-corrected chi connectivity index (χ0v) is 11.8. The van der Waals surface area contributed by atoms with E-state index < -0.39 is 8.32 Å². The molecule has 0 spiro atoms. The Morgan fingerprint density at radius 2 is 1.80 bits per heavy atom. The zero-order valence-electron chi connectivity index (χ0n) is 10.8. The lowest BCUT2D eigenvalue weighted by molar-refractivity contribution is -0.0424. The number of hydrogen-bond donors (Lipinski definition) is 0. The maximum Gasteiger partial charge on any atom is 0.184 e. The SMILES string of the molecule is CC(C)(C)OC[C@@H](CC#N)O[Si](C)(C)C. The average Bonchev–Trinajstić information content (AvgIpc) is 1.96. The van der Waals surface area contributed by atoms with Gasteiger partial charge in [0, 0.05) is 0 Å². The fourth-order valence-electron chi connectivity index (χ4n) is 1.08. The second-order valence-corrected chi connectivity index (χ2v) is 10.1. The summed E-state index contributed by atoms with van der Waals surface area (Å²) in [6, 6.07) is 2.14. The van der Waals surface area contributed by atoms with Crippen LogP contribution in [-0.2, 0) is 9.16 Å². The summed E-state index contributed by atoms with van der Waals surface area (Å²) in [6.07, 6.45) is 0.321. The molecule has 1 atom stereocenters. The second kappa shape index (κ2) is 5.64. The minimum absolute atomic E-state index is 0.0825. The van der Waals surface area contributed by atoms with E-state index in [1.54, 1.807) is 0 Å². The second-order valence-electron chi connectivity index (χ2n) is 5.64. The third-order valence-corrected chi connectivity index (χ3v) is 2.58. The minimum Gasteiger partial charge on any atom is -0.411 e. The third kappa shape index (κ3) is 9.92. The van der Waals surface area contributed by atoms with Crippen molar-refractivity contribution in [1.29, 1.82) is 5.26 Å². The molecule has 0 aromatic rings. The lowest BCUT2D eigenvalue weighted by atomic mass is 10.2. The van der Waals surface area contributed by atoms with Gasteiger partial charge in [0.2, 0.25) is 0 Å². The quantitative estimate of drug-likeness (QED) is 0.681. The lowest BCUT2D eigenvalue weighted by Gasteiger charge is -2.28. The molecular formula is C11H23NO2Si. The standard InChI is InChI=1S/C11H23NO2Si/c1-11(2,3)13-9-10(7-8-12)14-15(4,5)6/h10H,7,9H2,1-6H3/t10-/m1/s1. The Kier molecular flexibility index (Phi) is 5.50. The molecule has 0 saturated carbocycles. The van der Waals surface area contributed by atoms with Crippen LogP contribution < -0.4 is 0 Å². The van der Waals surface area contributed by atoms with Crippen LogP contribution in [0.4, 0.5) is 0 Å². The lowest BCUT2D eigenvalue weighted by Crippen LogP contribution is -2.36. The van der Waals surface area contributed by atoms with Crippen molar-refractivity contribution in [2.24, 2.45) is 0 Å². The summed E-state index contributed by atoms with van der Waals surface area (Å²) in [6.45, 7) is 12.9. The van der Waals surface area contributed by atoms with E-state index in [0.29, 0.717) is 13.0 Å². The van der Waals surface area contributed by atoms with Crippen LogP contribution in [0.5, 0.6) is 0 Å². The normalized spacial score (nSPS) is 14.7. The molecule has 0 fully saturated rings. The minimum atomic E-state index is -1.58. The Morgan fingerprint density at radius 3 is 2.13 bits per heavy atom. The van der Waals surface area contributed by atoms with Crippen LogP contribution in [0.2, 0.25) is 19.6 Å². The van der Waals surface area contributed by atoms with E-state index in [2.05, 4.69) is 25.7 Å². The predicted molar refractivity (Wildman–Crippen MR) is 64.2 cm³/mol. The molecule has 0 amide bonds. The molecule has 0 saturated heterocycles. The van der Waals surface area contributed by atoms with Crippen LogP contribution in [0.3, 0.4) is 0 Å². The third-order valence-electron chi connectivity index (χ3n) is 1.54. The van der Waals surface area contributed by atoms with E-state index in [0.717, 1.165) is 0 Å². The molecule has 88 valence electrons. The molecule has 15 heavy (non-hydrogen) atoms. The van der Waals surface area contributed by atoms with Gasteiger partial charge in [0.1, 0.15) is 0 Å². The van der Waals surface area contributed by atoms with E-state index in [9.17, 15) is 0 Å². The van der Waals surface area contributed by atoms with Gasteiger partial charge in [0.15, 0.2) is 8.32 Å². The van der Waals surface area contributed by atoms with Crippen molar-refractivity contribution in [2.75, 3.05) is 6.61 Å². The van der Waals surface area contributed by atoms with Gasteiger partial charge in [0.05, 0.1) is 30.8 Å². The van der Waals surface area contributed by atoms with Crippen LogP contribution in [0.1, 0.15) is 27.2 Å². The first-order valence-corrected chi connectivity index (χ1v) is 8.73. The maximum absolute atomic E-state index is 8.69. The molecule has 0 aromatic heterocycles. The van der Waals surface area contributed by atoms with Gasteiger partial charge < -0.3 is 9.16 Å². The summed E-state index contributed by atoms with van der Waals surface area (Å²) in [5, 5.41) is 8.69. The molecule has 0 unspecified atom stereocenters. The van der Waals surface area contributed by atoms with Crippen molar-refractivity contribution in [1.82, 2.24) is 0 Å². The summed E-state index contributed by atoms with van der Waals surface area (Å²) in [7, 11) is -1.58. The molecular weight excluding hydrogens is 206 g/mol. The van der Waals surface area contributed by atoms with Crippen molar-refractivity contribution in [3.05, 3.63) is 0 Å².